The maximum absolute atomic E-state index is 10.5. The quantitative estimate of drug-likeness (QED) is 0.734. The van der Waals surface area contributed by atoms with Crippen LogP contribution >= 0.6 is 11.6 Å². The van der Waals surface area contributed by atoms with Gasteiger partial charge in [0.1, 0.15) is 0 Å². The summed E-state index contributed by atoms with van der Waals surface area (Å²) in [5, 5.41) is 15.8. The molecular weight excluding hydrogens is 260 g/mol. The fraction of sp³-hybridized carbons (Fsp3) is 0.800. The Morgan fingerprint density at radius 2 is 1.95 bits per heavy atom. The van der Waals surface area contributed by atoms with E-state index >= 15 is 0 Å². The lowest BCUT2D eigenvalue weighted by atomic mass is 9.93. The zero-order valence-corrected chi connectivity index (χ0v) is 13.4. The second-order valence-electron chi connectivity index (χ2n) is 5.51. The van der Waals surface area contributed by atoms with E-state index in [1.54, 1.807) is 0 Å². The predicted molar refractivity (Wildman–Crippen MR) is 80.8 cm³/mol. The van der Waals surface area contributed by atoms with Gasteiger partial charge in [0.15, 0.2) is 0 Å². The molecule has 1 rings (SSSR count). The molecule has 0 aliphatic rings. The highest BCUT2D eigenvalue weighted by Crippen LogP contribution is 2.27. The van der Waals surface area contributed by atoms with Gasteiger partial charge in [0.25, 0.3) is 0 Å². The zero-order chi connectivity index (χ0) is 14.5. The Bertz CT molecular complexity index is 399. The lowest BCUT2D eigenvalue weighted by Crippen LogP contribution is -2.28. The van der Waals surface area contributed by atoms with E-state index in [4.69, 9.17) is 11.6 Å². The summed E-state index contributed by atoms with van der Waals surface area (Å²) in [5.74, 6) is 0. The minimum Gasteiger partial charge on any atom is -0.390 e. The van der Waals surface area contributed by atoms with Crippen LogP contribution in [0.5, 0.6) is 0 Å². The van der Waals surface area contributed by atoms with Crippen molar-refractivity contribution in [3.8, 4) is 0 Å². The second-order valence-corrected chi connectivity index (χ2v) is 5.89. The molecule has 0 bridgehead atoms. The Balaban J connectivity index is 2.82. The van der Waals surface area contributed by atoms with Crippen LogP contribution in [-0.2, 0) is 19.4 Å². The molecule has 0 aliphatic carbocycles. The molecule has 0 saturated carbocycles. The number of unbranched alkanes of at least 4 members (excludes halogenated alkanes) is 2. The molecule has 110 valence electrons. The molecule has 3 nitrogen and oxygen atoms in total. The molecule has 0 fully saturated rings. The standard InChI is InChI=1S/C15H27ClN2O/c1-5-8-9-10-15(4,19)11-13-14(16)12(6-2)17-18(13)7-3/h19H,5-11H2,1-4H3. The number of aliphatic hydroxyl groups is 1. The number of aromatic nitrogens is 2. The Labute approximate surface area is 122 Å². The molecule has 0 saturated heterocycles. The van der Waals surface area contributed by atoms with Crippen LogP contribution in [0.2, 0.25) is 5.02 Å². The average molecular weight is 287 g/mol. The Kier molecular flexibility index (Phi) is 6.34. The molecule has 1 aromatic rings. The third-order valence-electron chi connectivity index (χ3n) is 3.56. The maximum Gasteiger partial charge on any atom is 0.0850 e. The summed E-state index contributed by atoms with van der Waals surface area (Å²) in [6.45, 7) is 8.97. The summed E-state index contributed by atoms with van der Waals surface area (Å²) in [6, 6.07) is 0. The lowest BCUT2D eigenvalue weighted by molar-refractivity contribution is 0.0466. The van der Waals surface area contributed by atoms with Crippen LogP contribution in [0.1, 0.15) is 64.8 Å². The monoisotopic (exact) mass is 286 g/mol. The fourth-order valence-corrected chi connectivity index (χ4v) is 2.73. The molecule has 0 aliphatic heterocycles. The van der Waals surface area contributed by atoms with E-state index in [-0.39, 0.29) is 0 Å². The van der Waals surface area contributed by atoms with Crippen LogP contribution < -0.4 is 0 Å². The Hall–Kier alpha value is -0.540. The largest absolute Gasteiger partial charge is 0.390 e. The number of aryl methyl sites for hydroxylation is 2. The minimum absolute atomic E-state index is 0.580. The Morgan fingerprint density at radius 3 is 2.47 bits per heavy atom. The first-order valence-electron chi connectivity index (χ1n) is 7.41. The predicted octanol–water partition coefficient (Wildman–Crippen LogP) is 3.99. The summed E-state index contributed by atoms with van der Waals surface area (Å²) in [4.78, 5) is 0. The lowest BCUT2D eigenvalue weighted by Gasteiger charge is -2.23. The van der Waals surface area contributed by atoms with Gasteiger partial charge in [-0.25, -0.2) is 0 Å². The molecule has 0 aromatic carbocycles. The van der Waals surface area contributed by atoms with Crippen molar-refractivity contribution in [1.82, 2.24) is 9.78 Å². The van der Waals surface area contributed by atoms with Gasteiger partial charge in [-0.3, -0.25) is 4.68 Å². The normalized spacial score (nSPS) is 14.6. The second kappa shape index (κ2) is 7.30. The summed E-state index contributed by atoms with van der Waals surface area (Å²) < 4.78 is 1.93. The van der Waals surface area contributed by atoms with Crippen molar-refractivity contribution in [1.29, 1.82) is 0 Å². The SMILES string of the molecule is CCCCCC(C)(O)Cc1c(Cl)c(CC)nn1CC. The van der Waals surface area contributed by atoms with Crippen LogP contribution in [0.4, 0.5) is 0 Å². The van der Waals surface area contributed by atoms with E-state index in [9.17, 15) is 5.11 Å². The van der Waals surface area contributed by atoms with Gasteiger partial charge in [0, 0.05) is 13.0 Å². The van der Waals surface area contributed by atoms with E-state index in [2.05, 4.69) is 25.9 Å². The van der Waals surface area contributed by atoms with E-state index in [0.29, 0.717) is 6.42 Å². The van der Waals surface area contributed by atoms with Gasteiger partial charge in [0.2, 0.25) is 0 Å². The number of rotatable bonds is 8. The molecule has 1 heterocycles. The topological polar surface area (TPSA) is 38.1 Å². The van der Waals surface area contributed by atoms with Crippen molar-refractivity contribution in [2.45, 2.75) is 78.4 Å². The molecule has 1 aromatic heterocycles. The van der Waals surface area contributed by atoms with Crippen LogP contribution in [0.25, 0.3) is 0 Å². The van der Waals surface area contributed by atoms with Crippen molar-refractivity contribution in [2.75, 3.05) is 0 Å². The van der Waals surface area contributed by atoms with Crippen molar-refractivity contribution in [2.24, 2.45) is 0 Å². The smallest absolute Gasteiger partial charge is 0.0850 e. The van der Waals surface area contributed by atoms with Gasteiger partial charge in [-0.2, -0.15) is 5.10 Å². The summed E-state index contributed by atoms with van der Waals surface area (Å²) in [5.41, 5.74) is 1.21. The Morgan fingerprint density at radius 1 is 1.26 bits per heavy atom. The summed E-state index contributed by atoms with van der Waals surface area (Å²) in [7, 11) is 0. The number of hydrogen-bond acceptors (Lipinski definition) is 2. The third-order valence-corrected chi connectivity index (χ3v) is 4.00. The first-order valence-corrected chi connectivity index (χ1v) is 7.79. The first-order chi connectivity index (χ1) is 8.95. The number of hydrogen-bond donors (Lipinski definition) is 1. The molecule has 19 heavy (non-hydrogen) atoms. The molecule has 4 heteroatoms. The van der Waals surface area contributed by atoms with Crippen LogP contribution in [-0.4, -0.2) is 20.5 Å². The van der Waals surface area contributed by atoms with Crippen molar-refractivity contribution in [3.05, 3.63) is 16.4 Å². The molecule has 1 N–H and O–H groups in total. The van der Waals surface area contributed by atoms with Crippen molar-refractivity contribution in [3.63, 3.8) is 0 Å². The number of halogens is 1. The molecule has 0 spiro atoms. The van der Waals surface area contributed by atoms with Crippen LogP contribution in [0.15, 0.2) is 0 Å². The zero-order valence-electron chi connectivity index (χ0n) is 12.7. The van der Waals surface area contributed by atoms with E-state index < -0.39 is 5.60 Å². The highest BCUT2D eigenvalue weighted by Gasteiger charge is 2.25. The molecule has 1 unspecified atom stereocenters. The minimum atomic E-state index is -0.698. The van der Waals surface area contributed by atoms with Gasteiger partial charge in [0.05, 0.1) is 22.0 Å². The van der Waals surface area contributed by atoms with E-state index in [1.165, 1.54) is 6.42 Å². The first kappa shape index (κ1) is 16.5. The third kappa shape index (κ3) is 4.50. The van der Waals surface area contributed by atoms with Gasteiger partial charge in [-0.1, -0.05) is 44.7 Å². The van der Waals surface area contributed by atoms with Gasteiger partial charge >= 0.3 is 0 Å². The fourth-order valence-electron chi connectivity index (χ4n) is 2.39. The summed E-state index contributed by atoms with van der Waals surface area (Å²) in [6.07, 6.45) is 5.61. The molecule has 1 atom stereocenters. The van der Waals surface area contributed by atoms with Gasteiger partial charge < -0.3 is 5.11 Å². The van der Waals surface area contributed by atoms with Crippen molar-refractivity contribution < 1.29 is 5.11 Å². The maximum atomic E-state index is 10.5. The van der Waals surface area contributed by atoms with E-state index in [1.807, 2.05) is 11.6 Å². The van der Waals surface area contributed by atoms with Crippen molar-refractivity contribution >= 4 is 11.6 Å². The molecular formula is C15H27ClN2O. The highest BCUT2D eigenvalue weighted by molar-refractivity contribution is 6.31. The highest BCUT2D eigenvalue weighted by atomic mass is 35.5. The molecule has 0 radical (unpaired) electrons. The van der Waals surface area contributed by atoms with Gasteiger partial charge in [-0.05, 0) is 26.7 Å². The van der Waals surface area contributed by atoms with Gasteiger partial charge in [-0.15, -0.1) is 0 Å². The average Bonchev–Trinajstić information content (AvgIpc) is 2.66. The molecule has 0 amide bonds. The van der Waals surface area contributed by atoms with Crippen LogP contribution in [0, 0.1) is 0 Å². The van der Waals surface area contributed by atoms with E-state index in [0.717, 1.165) is 48.6 Å². The van der Waals surface area contributed by atoms with Crippen LogP contribution in [0.3, 0.4) is 0 Å². The summed E-state index contributed by atoms with van der Waals surface area (Å²) >= 11 is 6.38. The number of nitrogens with zero attached hydrogens (tertiary/aromatic N) is 2.